The molecule has 13 nitrogen and oxygen atoms in total. The SMILES string of the molecule is CC(C)CC(N)C(=O)NC(CC(C)C)C(=O)NC(Cc1c[nH]c2ccccc12)C(=O)NC(CCCN=C(N)N)C(=O)O. The number of nitrogens with two attached hydrogens (primary N) is 3. The van der Waals surface area contributed by atoms with E-state index in [1.54, 1.807) is 6.20 Å². The van der Waals surface area contributed by atoms with Gasteiger partial charge in [0.05, 0.1) is 6.04 Å². The molecule has 4 unspecified atom stereocenters. The number of hydrogen-bond acceptors (Lipinski definition) is 6. The molecule has 1 heterocycles. The highest BCUT2D eigenvalue weighted by Crippen LogP contribution is 2.19. The zero-order valence-corrected chi connectivity index (χ0v) is 24.9. The van der Waals surface area contributed by atoms with Crippen LogP contribution in [0.5, 0.6) is 0 Å². The van der Waals surface area contributed by atoms with Crippen LogP contribution in [0.1, 0.15) is 58.9 Å². The number of carbonyl (C=O) groups excluding carboxylic acids is 3. The molecule has 2 rings (SSSR count). The minimum atomic E-state index is -1.23. The van der Waals surface area contributed by atoms with E-state index in [9.17, 15) is 24.3 Å². The van der Waals surface area contributed by atoms with Crippen molar-refractivity contribution in [3.05, 3.63) is 36.0 Å². The summed E-state index contributed by atoms with van der Waals surface area (Å²) in [7, 11) is 0. The van der Waals surface area contributed by atoms with Gasteiger partial charge in [0.25, 0.3) is 0 Å². The summed E-state index contributed by atoms with van der Waals surface area (Å²) in [4.78, 5) is 58.8. The van der Waals surface area contributed by atoms with Gasteiger partial charge in [-0.2, -0.15) is 0 Å². The number of aromatic nitrogens is 1. The molecule has 1 aromatic carbocycles. The fourth-order valence-corrected chi connectivity index (χ4v) is 4.63. The molecule has 0 spiro atoms. The molecule has 0 saturated carbocycles. The van der Waals surface area contributed by atoms with E-state index in [1.165, 1.54) is 0 Å². The van der Waals surface area contributed by atoms with Gasteiger partial charge in [-0.3, -0.25) is 19.4 Å². The zero-order valence-electron chi connectivity index (χ0n) is 24.9. The van der Waals surface area contributed by atoms with Crippen LogP contribution in [0.2, 0.25) is 0 Å². The summed E-state index contributed by atoms with van der Waals surface area (Å²) < 4.78 is 0. The van der Waals surface area contributed by atoms with Crippen LogP contribution in [0.15, 0.2) is 35.5 Å². The molecule has 42 heavy (non-hydrogen) atoms. The molecule has 0 aliphatic rings. The number of benzene rings is 1. The Bertz CT molecular complexity index is 1240. The first-order chi connectivity index (χ1) is 19.8. The van der Waals surface area contributed by atoms with Crippen molar-refractivity contribution in [1.29, 1.82) is 0 Å². The number of rotatable bonds is 17. The average molecular weight is 587 g/mol. The molecule has 0 aliphatic heterocycles. The number of fused-ring (bicyclic) bond motifs is 1. The van der Waals surface area contributed by atoms with E-state index in [4.69, 9.17) is 17.2 Å². The summed E-state index contributed by atoms with van der Waals surface area (Å²) in [5, 5.41) is 18.7. The van der Waals surface area contributed by atoms with Crippen LogP contribution in [0.3, 0.4) is 0 Å². The van der Waals surface area contributed by atoms with Crippen molar-refractivity contribution in [3.8, 4) is 0 Å². The maximum absolute atomic E-state index is 13.6. The molecule has 0 saturated heterocycles. The fraction of sp³-hybridized carbons (Fsp3) is 0.552. The summed E-state index contributed by atoms with van der Waals surface area (Å²) >= 11 is 0. The third-order valence-electron chi connectivity index (χ3n) is 6.69. The van der Waals surface area contributed by atoms with Crippen molar-refractivity contribution in [2.24, 2.45) is 34.0 Å². The van der Waals surface area contributed by atoms with Gasteiger partial charge in [0.15, 0.2) is 5.96 Å². The minimum Gasteiger partial charge on any atom is -0.480 e. The summed E-state index contributed by atoms with van der Waals surface area (Å²) in [6.45, 7) is 7.93. The molecule has 1 aromatic heterocycles. The normalized spacial score (nSPS) is 14.2. The van der Waals surface area contributed by atoms with Gasteiger partial charge in [-0.25, -0.2) is 4.79 Å². The highest BCUT2D eigenvalue weighted by Gasteiger charge is 2.31. The molecule has 0 fully saturated rings. The predicted octanol–water partition coefficient (Wildman–Crippen LogP) is 0.723. The van der Waals surface area contributed by atoms with E-state index >= 15 is 0 Å². The lowest BCUT2D eigenvalue weighted by Gasteiger charge is -2.26. The second-order valence-electron chi connectivity index (χ2n) is 11.4. The van der Waals surface area contributed by atoms with Crippen LogP contribution in [0.4, 0.5) is 0 Å². The number of aliphatic imine (C=N–C) groups is 1. The number of carboxylic acids is 1. The standard InChI is InChI=1S/C29H46N8O5/c1-16(2)12-20(30)25(38)36-23(13-17(3)4)26(39)37-24(14-18-15-34-21-9-6-5-8-19(18)21)27(40)35-22(28(41)42)10-7-11-33-29(31)32/h5-6,8-9,15-17,20,22-24,34H,7,10-14,30H2,1-4H3,(H,35,40)(H,36,38)(H,37,39)(H,41,42)(H4,31,32,33). The number of hydrogen-bond donors (Lipinski definition) is 8. The van der Waals surface area contributed by atoms with Crippen molar-refractivity contribution < 1.29 is 24.3 Å². The Labute approximate surface area is 246 Å². The minimum absolute atomic E-state index is 0.0462. The van der Waals surface area contributed by atoms with Gasteiger partial charge >= 0.3 is 5.97 Å². The van der Waals surface area contributed by atoms with Crippen molar-refractivity contribution in [1.82, 2.24) is 20.9 Å². The molecular formula is C29H46N8O5. The smallest absolute Gasteiger partial charge is 0.326 e. The topological polar surface area (TPSA) is 231 Å². The number of carboxylic acid groups (broad SMARTS) is 1. The van der Waals surface area contributed by atoms with Crippen molar-refractivity contribution in [2.75, 3.05) is 6.54 Å². The summed E-state index contributed by atoms with van der Waals surface area (Å²) in [6.07, 6.45) is 2.98. The van der Waals surface area contributed by atoms with Gasteiger partial charge in [-0.1, -0.05) is 45.9 Å². The van der Waals surface area contributed by atoms with Crippen LogP contribution in [-0.4, -0.2) is 70.5 Å². The Balaban J connectivity index is 2.29. The van der Waals surface area contributed by atoms with E-state index in [0.29, 0.717) is 19.3 Å². The summed E-state index contributed by atoms with van der Waals surface area (Å²) in [5.41, 5.74) is 18.3. The van der Waals surface area contributed by atoms with Crippen molar-refractivity contribution in [2.45, 2.75) is 84.0 Å². The number of carbonyl (C=O) groups is 4. The quantitative estimate of drug-likeness (QED) is 0.0746. The Morgan fingerprint density at radius 2 is 1.48 bits per heavy atom. The monoisotopic (exact) mass is 586 g/mol. The fourth-order valence-electron chi connectivity index (χ4n) is 4.63. The van der Waals surface area contributed by atoms with Crippen molar-refractivity contribution in [3.63, 3.8) is 0 Å². The Kier molecular flexibility index (Phi) is 13.3. The van der Waals surface area contributed by atoms with E-state index in [-0.39, 0.29) is 37.2 Å². The second-order valence-corrected chi connectivity index (χ2v) is 11.4. The maximum atomic E-state index is 13.6. The number of para-hydroxylation sites is 1. The Morgan fingerprint density at radius 3 is 2.10 bits per heavy atom. The number of guanidine groups is 1. The number of nitrogens with one attached hydrogen (secondary N) is 4. The molecule has 13 heteroatoms. The van der Waals surface area contributed by atoms with Gasteiger partial charge in [0.2, 0.25) is 17.7 Å². The lowest BCUT2D eigenvalue weighted by molar-refractivity contribution is -0.142. The van der Waals surface area contributed by atoms with Gasteiger partial charge in [0, 0.05) is 30.1 Å². The molecule has 11 N–H and O–H groups in total. The molecule has 232 valence electrons. The number of aromatic amines is 1. The summed E-state index contributed by atoms with van der Waals surface area (Å²) in [5.74, 6) is -2.79. The van der Waals surface area contributed by atoms with Gasteiger partial charge in [-0.05, 0) is 49.1 Å². The first-order valence-corrected chi connectivity index (χ1v) is 14.3. The third kappa shape index (κ3) is 11.0. The second kappa shape index (κ2) is 16.3. The highest BCUT2D eigenvalue weighted by molar-refractivity contribution is 5.94. The van der Waals surface area contributed by atoms with Gasteiger partial charge in [-0.15, -0.1) is 0 Å². The van der Waals surface area contributed by atoms with Gasteiger partial charge in [0.1, 0.15) is 18.1 Å². The van der Waals surface area contributed by atoms with Crippen LogP contribution >= 0.6 is 0 Å². The largest absolute Gasteiger partial charge is 0.480 e. The molecule has 0 bridgehead atoms. The predicted molar refractivity (Wildman–Crippen MR) is 162 cm³/mol. The number of amides is 3. The average Bonchev–Trinajstić information content (AvgIpc) is 3.31. The molecule has 0 radical (unpaired) electrons. The van der Waals surface area contributed by atoms with Crippen LogP contribution < -0.4 is 33.2 Å². The van der Waals surface area contributed by atoms with E-state index in [2.05, 4.69) is 25.9 Å². The maximum Gasteiger partial charge on any atom is 0.326 e. The first kappa shape index (κ1) is 34.1. The molecule has 0 aliphatic carbocycles. The molecule has 2 aromatic rings. The van der Waals surface area contributed by atoms with Gasteiger partial charge < -0.3 is 43.2 Å². The molecule has 3 amide bonds. The van der Waals surface area contributed by atoms with E-state index in [1.807, 2.05) is 52.0 Å². The third-order valence-corrected chi connectivity index (χ3v) is 6.69. The summed E-state index contributed by atoms with van der Waals surface area (Å²) in [6, 6.07) is 3.42. The zero-order chi connectivity index (χ0) is 31.4. The molecule has 4 atom stereocenters. The number of H-pyrrole nitrogens is 1. The Morgan fingerprint density at radius 1 is 0.881 bits per heavy atom. The van der Waals surface area contributed by atoms with Crippen LogP contribution in [0, 0.1) is 11.8 Å². The lowest BCUT2D eigenvalue weighted by atomic mass is 9.99. The number of nitrogens with zero attached hydrogens (tertiary/aromatic N) is 1. The van der Waals surface area contributed by atoms with Crippen molar-refractivity contribution >= 4 is 40.6 Å². The highest BCUT2D eigenvalue weighted by atomic mass is 16.4. The van der Waals surface area contributed by atoms with E-state index < -0.39 is 47.9 Å². The number of aliphatic carboxylic acids is 1. The van der Waals surface area contributed by atoms with Crippen LogP contribution in [0.25, 0.3) is 10.9 Å². The molecular weight excluding hydrogens is 540 g/mol. The van der Waals surface area contributed by atoms with E-state index in [0.717, 1.165) is 16.5 Å². The first-order valence-electron chi connectivity index (χ1n) is 14.3. The van der Waals surface area contributed by atoms with Crippen LogP contribution in [-0.2, 0) is 25.6 Å². The lowest BCUT2D eigenvalue weighted by Crippen LogP contribution is -2.58. The Hall–Kier alpha value is -4.13.